The third-order valence-corrected chi connectivity index (χ3v) is 5.85. The monoisotopic (exact) mass is 314 g/mol. The molecule has 6 heteroatoms. The second kappa shape index (κ2) is 6.85. The molecule has 21 heavy (non-hydrogen) atoms. The van der Waals surface area contributed by atoms with Crippen molar-refractivity contribution in [2.75, 3.05) is 13.1 Å². The molecule has 1 heterocycles. The van der Waals surface area contributed by atoms with Crippen LogP contribution in [0.5, 0.6) is 0 Å². The van der Waals surface area contributed by atoms with Gasteiger partial charge < -0.3 is 5.73 Å². The fraction of sp³-hybridized carbons (Fsp3) is 0.600. The van der Waals surface area contributed by atoms with Crippen LogP contribution in [0.25, 0.3) is 0 Å². The molecule has 1 aromatic rings. The Balaban J connectivity index is 2.36. The van der Waals surface area contributed by atoms with E-state index in [2.05, 4.69) is 0 Å². The number of nitrogens with zero attached hydrogens (tertiary/aromatic N) is 1. The van der Waals surface area contributed by atoms with Gasteiger partial charge in [-0.3, -0.25) is 0 Å². The molecule has 1 aliphatic rings. The maximum Gasteiger partial charge on any atom is 0.243 e. The molecule has 0 radical (unpaired) electrons. The summed E-state index contributed by atoms with van der Waals surface area (Å²) in [6.45, 7) is 2.64. The second-order valence-electron chi connectivity index (χ2n) is 5.59. The van der Waals surface area contributed by atoms with E-state index in [1.54, 1.807) is 6.92 Å². The summed E-state index contributed by atoms with van der Waals surface area (Å²) in [6, 6.07) is 2.78. The molecule has 118 valence electrons. The molecule has 0 bridgehead atoms. The highest BCUT2D eigenvalue weighted by Crippen LogP contribution is 2.24. The zero-order valence-corrected chi connectivity index (χ0v) is 13.3. The van der Waals surface area contributed by atoms with Gasteiger partial charge in [-0.2, -0.15) is 4.31 Å². The molecular formula is C15H23FN2O2S. The van der Waals surface area contributed by atoms with Crippen molar-refractivity contribution in [2.24, 2.45) is 5.73 Å². The van der Waals surface area contributed by atoms with Crippen molar-refractivity contribution in [3.8, 4) is 0 Å². The van der Waals surface area contributed by atoms with Crippen molar-refractivity contribution >= 4 is 10.0 Å². The molecule has 1 fully saturated rings. The number of benzene rings is 1. The van der Waals surface area contributed by atoms with Gasteiger partial charge in [-0.1, -0.05) is 19.3 Å². The average Bonchev–Trinajstić information content (AvgIpc) is 2.40. The van der Waals surface area contributed by atoms with Gasteiger partial charge in [0.2, 0.25) is 10.0 Å². The predicted octanol–water partition coefficient (Wildman–Crippen LogP) is 2.55. The molecule has 0 atom stereocenters. The second-order valence-corrected chi connectivity index (χ2v) is 7.53. The molecule has 1 aliphatic heterocycles. The Labute approximate surface area is 126 Å². The highest BCUT2D eigenvalue weighted by atomic mass is 32.2. The van der Waals surface area contributed by atoms with E-state index in [0.717, 1.165) is 25.7 Å². The number of hydrogen-bond acceptors (Lipinski definition) is 3. The Morgan fingerprint density at radius 3 is 2.29 bits per heavy atom. The van der Waals surface area contributed by atoms with Crippen LogP contribution < -0.4 is 5.73 Å². The lowest BCUT2D eigenvalue weighted by Crippen LogP contribution is -2.34. The molecule has 2 rings (SSSR count). The first-order valence-corrected chi connectivity index (χ1v) is 8.90. The molecule has 1 saturated heterocycles. The zero-order valence-electron chi connectivity index (χ0n) is 12.4. The van der Waals surface area contributed by atoms with E-state index in [-0.39, 0.29) is 17.0 Å². The quantitative estimate of drug-likeness (QED) is 0.932. The van der Waals surface area contributed by atoms with Crippen LogP contribution >= 0.6 is 0 Å². The largest absolute Gasteiger partial charge is 0.326 e. The Morgan fingerprint density at radius 2 is 1.71 bits per heavy atom. The van der Waals surface area contributed by atoms with E-state index in [1.165, 1.54) is 22.9 Å². The zero-order chi connectivity index (χ0) is 15.5. The topological polar surface area (TPSA) is 63.4 Å². The number of aryl methyl sites for hydroxylation is 1. The van der Waals surface area contributed by atoms with Crippen LogP contribution in [0, 0.1) is 12.7 Å². The summed E-state index contributed by atoms with van der Waals surface area (Å²) in [6.07, 6.45) is 5.04. The minimum atomic E-state index is -3.56. The summed E-state index contributed by atoms with van der Waals surface area (Å²) in [5.74, 6) is -0.413. The molecular weight excluding hydrogens is 291 g/mol. The van der Waals surface area contributed by atoms with Gasteiger partial charge in [-0.15, -0.1) is 0 Å². The van der Waals surface area contributed by atoms with Gasteiger partial charge in [0.15, 0.2) is 0 Å². The van der Waals surface area contributed by atoms with Crippen LogP contribution in [-0.2, 0) is 16.6 Å². The molecule has 0 aromatic heterocycles. The highest BCUT2D eigenvalue weighted by molar-refractivity contribution is 7.89. The van der Waals surface area contributed by atoms with E-state index in [4.69, 9.17) is 5.73 Å². The number of halogens is 1. The van der Waals surface area contributed by atoms with Crippen molar-refractivity contribution in [3.63, 3.8) is 0 Å². The van der Waals surface area contributed by atoms with Crippen LogP contribution in [0.3, 0.4) is 0 Å². The van der Waals surface area contributed by atoms with Crippen molar-refractivity contribution < 1.29 is 12.8 Å². The Kier molecular flexibility index (Phi) is 5.35. The van der Waals surface area contributed by atoms with Gasteiger partial charge in [-0.25, -0.2) is 12.8 Å². The van der Waals surface area contributed by atoms with E-state index in [0.29, 0.717) is 18.7 Å². The number of nitrogens with two attached hydrogens (primary N) is 1. The van der Waals surface area contributed by atoms with Gasteiger partial charge >= 0.3 is 0 Å². The van der Waals surface area contributed by atoms with Crippen molar-refractivity contribution in [1.29, 1.82) is 0 Å². The first kappa shape index (κ1) is 16.4. The first-order valence-electron chi connectivity index (χ1n) is 7.46. The summed E-state index contributed by atoms with van der Waals surface area (Å²) in [5.41, 5.74) is 6.08. The predicted molar refractivity (Wildman–Crippen MR) is 80.9 cm³/mol. The van der Waals surface area contributed by atoms with Crippen LogP contribution in [0.4, 0.5) is 4.39 Å². The third kappa shape index (κ3) is 3.62. The van der Waals surface area contributed by atoms with Gasteiger partial charge in [0.25, 0.3) is 0 Å². The van der Waals surface area contributed by atoms with Crippen molar-refractivity contribution in [1.82, 2.24) is 4.31 Å². The summed E-state index contributed by atoms with van der Waals surface area (Å²) in [4.78, 5) is 0.155. The maximum atomic E-state index is 13.8. The van der Waals surface area contributed by atoms with E-state index >= 15 is 0 Å². The van der Waals surface area contributed by atoms with Crippen molar-refractivity contribution in [2.45, 2.75) is 50.5 Å². The molecule has 1 aromatic carbocycles. The van der Waals surface area contributed by atoms with Gasteiger partial charge in [-0.05, 0) is 37.5 Å². The van der Waals surface area contributed by atoms with Crippen LogP contribution in [0.1, 0.15) is 43.2 Å². The summed E-state index contributed by atoms with van der Waals surface area (Å²) in [5, 5.41) is 0. The van der Waals surface area contributed by atoms with E-state index < -0.39 is 15.8 Å². The summed E-state index contributed by atoms with van der Waals surface area (Å²) in [7, 11) is -3.56. The van der Waals surface area contributed by atoms with Crippen LogP contribution in [0.2, 0.25) is 0 Å². The standard InChI is InChI=1S/C15H23FN2O2S/c1-12-9-14(10-13(11-17)15(12)16)21(19,20)18-7-5-3-2-4-6-8-18/h9-10H,2-8,11,17H2,1H3. The first-order chi connectivity index (χ1) is 9.96. The molecule has 0 saturated carbocycles. The molecule has 0 unspecified atom stereocenters. The maximum absolute atomic E-state index is 13.8. The fourth-order valence-electron chi connectivity index (χ4n) is 2.71. The Bertz CT molecular complexity index is 594. The Morgan fingerprint density at radius 1 is 1.14 bits per heavy atom. The minimum absolute atomic E-state index is 0.00394. The SMILES string of the molecule is Cc1cc(S(=O)(=O)N2CCCCCCC2)cc(CN)c1F. The minimum Gasteiger partial charge on any atom is -0.326 e. The number of rotatable bonds is 3. The lowest BCUT2D eigenvalue weighted by atomic mass is 10.1. The number of sulfonamides is 1. The highest BCUT2D eigenvalue weighted by Gasteiger charge is 2.26. The third-order valence-electron chi connectivity index (χ3n) is 3.98. The van der Waals surface area contributed by atoms with E-state index in [1.807, 2.05) is 0 Å². The fourth-order valence-corrected chi connectivity index (χ4v) is 4.37. The van der Waals surface area contributed by atoms with Gasteiger partial charge in [0.05, 0.1) is 4.90 Å². The summed E-state index contributed by atoms with van der Waals surface area (Å²) >= 11 is 0. The average molecular weight is 314 g/mol. The lowest BCUT2D eigenvalue weighted by molar-refractivity contribution is 0.364. The molecule has 0 spiro atoms. The molecule has 0 aliphatic carbocycles. The molecule has 2 N–H and O–H groups in total. The molecule has 0 amide bonds. The van der Waals surface area contributed by atoms with Crippen molar-refractivity contribution in [3.05, 3.63) is 29.1 Å². The molecule has 4 nitrogen and oxygen atoms in total. The lowest BCUT2D eigenvalue weighted by Gasteiger charge is -2.24. The van der Waals surface area contributed by atoms with E-state index in [9.17, 15) is 12.8 Å². The van der Waals surface area contributed by atoms with Gasteiger partial charge in [0.1, 0.15) is 5.82 Å². The normalized spacial score (nSPS) is 18.2. The van der Waals surface area contributed by atoms with Crippen LogP contribution in [-0.4, -0.2) is 25.8 Å². The van der Waals surface area contributed by atoms with Crippen LogP contribution in [0.15, 0.2) is 17.0 Å². The summed E-state index contributed by atoms with van der Waals surface area (Å²) < 4.78 is 40.9. The number of hydrogen-bond donors (Lipinski definition) is 1. The Hall–Kier alpha value is -0.980. The van der Waals surface area contributed by atoms with Gasteiger partial charge in [0, 0.05) is 25.2 Å². The smallest absolute Gasteiger partial charge is 0.243 e.